The van der Waals surface area contributed by atoms with Crippen LogP contribution < -0.4 is 0 Å². The van der Waals surface area contributed by atoms with Crippen LogP contribution in [0.4, 0.5) is 0 Å². The van der Waals surface area contributed by atoms with Crippen molar-refractivity contribution in [3.8, 4) is 0 Å². The highest BCUT2D eigenvalue weighted by Crippen LogP contribution is 2.29. The number of nitrogens with zero attached hydrogens (tertiary/aromatic N) is 1. The fraction of sp³-hybridized carbons (Fsp3) is 0.500. The lowest BCUT2D eigenvalue weighted by molar-refractivity contribution is -0.137. The van der Waals surface area contributed by atoms with Crippen LogP contribution in [-0.4, -0.2) is 16.1 Å². The molecule has 1 heterocycles. The van der Waals surface area contributed by atoms with E-state index < -0.39 is 5.97 Å². The molecule has 15 heavy (non-hydrogen) atoms. The summed E-state index contributed by atoms with van der Waals surface area (Å²) in [6, 6.07) is 3.81. The summed E-state index contributed by atoms with van der Waals surface area (Å²) >= 11 is 0. The predicted octanol–water partition coefficient (Wildman–Crippen LogP) is 2.69. The molecule has 0 saturated carbocycles. The van der Waals surface area contributed by atoms with Crippen molar-refractivity contribution in [2.24, 2.45) is 5.92 Å². The van der Waals surface area contributed by atoms with Gasteiger partial charge in [-0.05, 0) is 29.5 Å². The molecule has 0 aliphatic heterocycles. The first kappa shape index (κ1) is 11.7. The van der Waals surface area contributed by atoms with Crippen LogP contribution in [0.1, 0.15) is 38.2 Å². The second kappa shape index (κ2) is 5.49. The third-order valence-electron chi connectivity index (χ3n) is 2.86. The standard InChI is InChI=1S/C12H17NO2/c1-3-9(2)11(8-12(14)15)10-4-6-13-7-5-10/h4-7,9,11H,3,8H2,1-2H3,(H,14,15). The molecule has 2 atom stereocenters. The van der Waals surface area contributed by atoms with Crippen molar-refractivity contribution in [1.82, 2.24) is 4.98 Å². The number of carboxylic acid groups (broad SMARTS) is 1. The molecule has 3 heteroatoms. The van der Waals surface area contributed by atoms with Crippen molar-refractivity contribution in [3.63, 3.8) is 0 Å². The van der Waals surface area contributed by atoms with Gasteiger partial charge in [0.05, 0.1) is 6.42 Å². The van der Waals surface area contributed by atoms with Crippen LogP contribution in [0.2, 0.25) is 0 Å². The van der Waals surface area contributed by atoms with E-state index in [0.29, 0.717) is 5.92 Å². The molecule has 0 saturated heterocycles. The molecule has 0 bridgehead atoms. The molecule has 1 rings (SSSR count). The Balaban J connectivity index is 2.86. The Hall–Kier alpha value is -1.38. The van der Waals surface area contributed by atoms with Crippen LogP contribution >= 0.6 is 0 Å². The lowest BCUT2D eigenvalue weighted by Crippen LogP contribution is -2.13. The topological polar surface area (TPSA) is 50.2 Å². The molecule has 0 radical (unpaired) electrons. The maximum absolute atomic E-state index is 10.8. The summed E-state index contributed by atoms with van der Waals surface area (Å²) < 4.78 is 0. The molecular formula is C12H17NO2. The summed E-state index contributed by atoms with van der Waals surface area (Å²) in [5.74, 6) is -0.267. The summed E-state index contributed by atoms with van der Waals surface area (Å²) in [5, 5.41) is 8.87. The number of aliphatic carboxylic acids is 1. The smallest absolute Gasteiger partial charge is 0.303 e. The van der Waals surface area contributed by atoms with Crippen LogP contribution in [0.3, 0.4) is 0 Å². The number of hydrogen-bond acceptors (Lipinski definition) is 2. The lowest BCUT2D eigenvalue weighted by atomic mass is 9.84. The lowest BCUT2D eigenvalue weighted by Gasteiger charge is -2.21. The molecule has 1 aromatic heterocycles. The molecule has 1 N–H and O–H groups in total. The Morgan fingerprint density at radius 2 is 2.07 bits per heavy atom. The normalized spacial score (nSPS) is 14.5. The molecule has 0 aliphatic rings. The number of pyridine rings is 1. The second-order valence-corrected chi connectivity index (χ2v) is 3.87. The van der Waals surface area contributed by atoms with Crippen molar-refractivity contribution in [3.05, 3.63) is 30.1 Å². The van der Waals surface area contributed by atoms with E-state index in [-0.39, 0.29) is 12.3 Å². The fourth-order valence-electron chi connectivity index (χ4n) is 1.73. The van der Waals surface area contributed by atoms with E-state index in [2.05, 4.69) is 18.8 Å². The third-order valence-corrected chi connectivity index (χ3v) is 2.86. The second-order valence-electron chi connectivity index (χ2n) is 3.87. The largest absolute Gasteiger partial charge is 0.481 e. The zero-order valence-corrected chi connectivity index (χ0v) is 9.18. The van der Waals surface area contributed by atoms with Gasteiger partial charge >= 0.3 is 5.97 Å². The highest BCUT2D eigenvalue weighted by atomic mass is 16.4. The first-order valence-electron chi connectivity index (χ1n) is 5.26. The number of hydrogen-bond donors (Lipinski definition) is 1. The van der Waals surface area contributed by atoms with Crippen molar-refractivity contribution in [2.75, 3.05) is 0 Å². The first-order chi connectivity index (χ1) is 7.15. The highest BCUT2D eigenvalue weighted by molar-refractivity contribution is 5.68. The summed E-state index contributed by atoms with van der Waals surface area (Å²) in [7, 11) is 0. The van der Waals surface area contributed by atoms with Gasteiger partial charge < -0.3 is 5.11 Å². The zero-order valence-electron chi connectivity index (χ0n) is 9.18. The molecular weight excluding hydrogens is 190 g/mol. The average Bonchev–Trinajstić information content (AvgIpc) is 2.26. The molecule has 0 spiro atoms. The highest BCUT2D eigenvalue weighted by Gasteiger charge is 2.20. The molecule has 3 nitrogen and oxygen atoms in total. The minimum atomic E-state index is -0.739. The minimum absolute atomic E-state index is 0.0931. The van der Waals surface area contributed by atoms with Gasteiger partial charge in [-0.2, -0.15) is 0 Å². The van der Waals surface area contributed by atoms with Gasteiger partial charge in [0.25, 0.3) is 0 Å². The third kappa shape index (κ3) is 3.35. The van der Waals surface area contributed by atoms with E-state index in [9.17, 15) is 4.79 Å². The van der Waals surface area contributed by atoms with E-state index in [1.54, 1.807) is 12.4 Å². The van der Waals surface area contributed by atoms with Gasteiger partial charge in [0.2, 0.25) is 0 Å². The quantitative estimate of drug-likeness (QED) is 0.807. The van der Waals surface area contributed by atoms with E-state index in [0.717, 1.165) is 12.0 Å². The molecule has 82 valence electrons. The fourth-order valence-corrected chi connectivity index (χ4v) is 1.73. The van der Waals surface area contributed by atoms with E-state index in [4.69, 9.17) is 5.11 Å². The summed E-state index contributed by atoms with van der Waals surface area (Å²) in [6.07, 6.45) is 4.61. The van der Waals surface area contributed by atoms with E-state index in [1.807, 2.05) is 12.1 Å². The van der Waals surface area contributed by atoms with Crippen LogP contribution in [-0.2, 0) is 4.79 Å². The Morgan fingerprint density at radius 3 is 2.53 bits per heavy atom. The van der Waals surface area contributed by atoms with Crippen molar-refractivity contribution >= 4 is 5.97 Å². The van der Waals surface area contributed by atoms with Crippen LogP contribution in [0.15, 0.2) is 24.5 Å². The van der Waals surface area contributed by atoms with Gasteiger partial charge in [-0.25, -0.2) is 0 Å². The van der Waals surface area contributed by atoms with Gasteiger partial charge in [0.1, 0.15) is 0 Å². The van der Waals surface area contributed by atoms with Gasteiger partial charge in [-0.1, -0.05) is 20.3 Å². The molecule has 0 amide bonds. The number of carboxylic acids is 1. The van der Waals surface area contributed by atoms with E-state index >= 15 is 0 Å². The zero-order chi connectivity index (χ0) is 11.3. The molecule has 0 aromatic carbocycles. The van der Waals surface area contributed by atoms with Gasteiger partial charge in [-0.3, -0.25) is 9.78 Å². The number of carbonyl (C=O) groups is 1. The van der Waals surface area contributed by atoms with Crippen molar-refractivity contribution < 1.29 is 9.90 Å². The maximum Gasteiger partial charge on any atom is 0.303 e. The van der Waals surface area contributed by atoms with Crippen LogP contribution in [0.25, 0.3) is 0 Å². The van der Waals surface area contributed by atoms with Crippen LogP contribution in [0.5, 0.6) is 0 Å². The van der Waals surface area contributed by atoms with Crippen molar-refractivity contribution in [1.29, 1.82) is 0 Å². The van der Waals surface area contributed by atoms with Crippen molar-refractivity contribution in [2.45, 2.75) is 32.6 Å². The minimum Gasteiger partial charge on any atom is -0.481 e. The molecule has 0 fully saturated rings. The first-order valence-corrected chi connectivity index (χ1v) is 5.26. The van der Waals surface area contributed by atoms with Gasteiger partial charge in [0.15, 0.2) is 0 Å². The maximum atomic E-state index is 10.8. The van der Waals surface area contributed by atoms with E-state index in [1.165, 1.54) is 0 Å². The number of aromatic nitrogens is 1. The number of rotatable bonds is 5. The SMILES string of the molecule is CCC(C)C(CC(=O)O)c1ccncc1. The summed E-state index contributed by atoms with van der Waals surface area (Å²) in [5.41, 5.74) is 1.07. The monoisotopic (exact) mass is 207 g/mol. The van der Waals surface area contributed by atoms with Gasteiger partial charge in [0, 0.05) is 12.4 Å². The Labute approximate surface area is 90.2 Å². The molecule has 1 aromatic rings. The average molecular weight is 207 g/mol. The van der Waals surface area contributed by atoms with Gasteiger partial charge in [-0.15, -0.1) is 0 Å². The Bertz CT molecular complexity index is 311. The summed E-state index contributed by atoms with van der Waals surface area (Å²) in [6.45, 7) is 4.18. The molecule has 0 aliphatic carbocycles. The summed E-state index contributed by atoms with van der Waals surface area (Å²) in [4.78, 5) is 14.7. The molecule has 2 unspecified atom stereocenters. The Kier molecular flexibility index (Phi) is 4.28. The Morgan fingerprint density at radius 1 is 1.47 bits per heavy atom. The predicted molar refractivity (Wildman–Crippen MR) is 58.7 cm³/mol. The van der Waals surface area contributed by atoms with Crippen LogP contribution in [0, 0.1) is 5.92 Å².